The highest BCUT2D eigenvalue weighted by molar-refractivity contribution is 6.06. The van der Waals surface area contributed by atoms with Crippen LogP contribution in [0.4, 0.5) is 58.7 Å². The van der Waals surface area contributed by atoms with Crippen molar-refractivity contribution in [2.45, 2.75) is 232 Å². The Bertz CT molecular complexity index is 3170. The highest BCUT2D eigenvalue weighted by Crippen LogP contribution is 2.69. The number of non-ortho nitro benzene ring substituents is 1. The number of carbonyl (C=O) groups is 5. The zero-order chi connectivity index (χ0) is 68.3. The fourth-order valence-corrected chi connectivity index (χ4v) is 16.3. The van der Waals surface area contributed by atoms with Crippen molar-refractivity contribution in [1.29, 1.82) is 0 Å². The van der Waals surface area contributed by atoms with Crippen LogP contribution in [0, 0.1) is 56.5 Å². The van der Waals surface area contributed by atoms with Gasteiger partial charge in [0.2, 0.25) is 0 Å². The Morgan fingerprint density at radius 1 is 0.600 bits per heavy atom. The molecule has 4 N–H and O–H groups in total. The average Bonchev–Trinajstić information content (AvgIpc) is 1.67. The minimum Gasteiger partial charge on any atom is -0.466 e. The molecular formula is C74H97F6N5O10. The monoisotopic (exact) mass is 1330 g/mol. The first-order chi connectivity index (χ1) is 45.4. The summed E-state index contributed by atoms with van der Waals surface area (Å²) >= 11 is 0. The molecule has 0 heterocycles. The van der Waals surface area contributed by atoms with E-state index in [1.807, 2.05) is 0 Å². The molecule has 4 amide bonds. The molecule has 15 nitrogen and oxygen atoms in total. The van der Waals surface area contributed by atoms with Gasteiger partial charge in [-0.1, -0.05) is 143 Å². The quantitative estimate of drug-likeness (QED) is 0.00909. The van der Waals surface area contributed by atoms with E-state index in [4.69, 9.17) is 14.2 Å². The summed E-state index contributed by atoms with van der Waals surface area (Å²) in [5, 5.41) is 22.4. The van der Waals surface area contributed by atoms with Crippen molar-refractivity contribution >= 4 is 52.7 Å². The molecule has 4 aromatic carbocycles. The van der Waals surface area contributed by atoms with E-state index in [2.05, 4.69) is 49.0 Å². The molecule has 0 spiro atoms. The van der Waals surface area contributed by atoms with E-state index in [0.717, 1.165) is 74.2 Å². The largest absolute Gasteiger partial charge is 0.466 e. The standard InChI is InChI=1S/C74H97F6N5O10/c1-5-6-7-8-9-10-11-12-13-14-15-16-17-18-19-20-21-22-44-93-65(86)41-26-49(2)60-39-40-61-66-62(48-64(72(60,61)4)95-70(90)84-57-33-29-53(30-34-57)74(78,79)80)71(3)43-42-58(46-54(71)47-63(66)94-69(89)83-56-31-27-52(28-32-56)73(75,76)77)82-68(88)51-25-23-24-50(45-51)67(87)81-55-35-37-59(38-36-55)85(91)92/h23-25,27-38,45,49,54,58,60-64,66H,5-22,26,39-44,46-48H2,1-4H3,(H,81,87)(H,82,88)(H,83,89)(H,84,90)/t49-,54+,58-,60-,61+,62+,63-,64+,66+,71+,72-/m1/s1. The Balaban J connectivity index is 0.940. The third-order valence-corrected chi connectivity index (χ3v) is 21.5. The Morgan fingerprint density at radius 2 is 1.09 bits per heavy atom. The second-order valence-corrected chi connectivity index (χ2v) is 27.8. The van der Waals surface area contributed by atoms with E-state index < -0.39 is 75.4 Å². The number of unbranched alkanes of at least 4 members (excludes halogenated alkanes) is 17. The first kappa shape index (κ1) is 73.6. The van der Waals surface area contributed by atoms with Crippen LogP contribution >= 0.6 is 0 Å². The molecule has 520 valence electrons. The van der Waals surface area contributed by atoms with Gasteiger partial charge in [0.05, 0.1) is 22.7 Å². The molecule has 4 aliphatic rings. The van der Waals surface area contributed by atoms with Gasteiger partial charge in [0.15, 0.2) is 0 Å². The van der Waals surface area contributed by atoms with Gasteiger partial charge in [-0.25, -0.2) is 9.59 Å². The summed E-state index contributed by atoms with van der Waals surface area (Å²) < 4.78 is 100. The lowest BCUT2D eigenvalue weighted by atomic mass is 9.43. The van der Waals surface area contributed by atoms with Crippen LogP contribution in [-0.4, -0.2) is 59.8 Å². The Hall–Kier alpha value is -7.19. The molecular weight excluding hydrogens is 1230 g/mol. The van der Waals surface area contributed by atoms with Crippen molar-refractivity contribution in [3.8, 4) is 0 Å². The number of nitro benzene ring substituents is 1. The van der Waals surface area contributed by atoms with Gasteiger partial charge in [0, 0.05) is 64.1 Å². The SMILES string of the molecule is CCCCCCCCCCCCCCCCCCCCOC(=O)CC[C@@H](C)[C@H]1CC[C@H]2[C@@H]3[C@H](OC(=O)Nc4ccc(C(F)(F)F)cc4)C[C@@H]4C[C@H](NC(=O)c5cccc(C(=O)Nc6ccc([N+](=O)[O-])cc6)c5)CC[C@]4(C)[C@H]3C[C@H](OC(=O)Nc3ccc(C(F)(F)F)cc3)[C@]12C. The van der Waals surface area contributed by atoms with Gasteiger partial charge in [-0.05, 0) is 172 Å². The molecule has 21 heteroatoms. The van der Waals surface area contributed by atoms with Crippen molar-refractivity contribution in [3.63, 3.8) is 0 Å². The number of benzene rings is 4. The number of rotatable bonds is 32. The van der Waals surface area contributed by atoms with E-state index in [0.29, 0.717) is 63.7 Å². The number of nitrogens with one attached hydrogen (secondary N) is 4. The lowest BCUT2D eigenvalue weighted by molar-refractivity contribution is -0.384. The van der Waals surface area contributed by atoms with Crippen LogP contribution in [0.25, 0.3) is 0 Å². The number of anilines is 3. The highest BCUT2D eigenvalue weighted by atomic mass is 19.4. The second kappa shape index (κ2) is 34.2. The van der Waals surface area contributed by atoms with Crippen LogP contribution in [0.2, 0.25) is 0 Å². The van der Waals surface area contributed by atoms with Crippen LogP contribution in [0.5, 0.6) is 0 Å². The third kappa shape index (κ3) is 20.2. The molecule has 4 fully saturated rings. The fraction of sp³-hybridized carbons (Fsp3) is 0.608. The summed E-state index contributed by atoms with van der Waals surface area (Å²) in [6.07, 6.45) is 14.2. The molecule has 8 rings (SSSR count). The minimum atomic E-state index is -4.61. The zero-order valence-electron chi connectivity index (χ0n) is 55.5. The first-order valence-corrected chi connectivity index (χ1v) is 34.8. The van der Waals surface area contributed by atoms with Gasteiger partial charge in [-0.2, -0.15) is 26.3 Å². The van der Waals surface area contributed by atoms with E-state index >= 15 is 0 Å². The number of nitrogens with zero attached hydrogens (tertiary/aromatic N) is 1. The lowest BCUT2D eigenvalue weighted by Crippen LogP contribution is -2.64. The maximum Gasteiger partial charge on any atom is 0.416 e. The predicted octanol–water partition coefficient (Wildman–Crippen LogP) is 20.1. The second-order valence-electron chi connectivity index (χ2n) is 27.8. The normalized spacial score (nSPS) is 24.2. The number of ether oxygens (including phenoxy) is 3. The number of fused-ring (bicyclic) bond motifs is 5. The number of carbonyl (C=O) groups excluding carboxylic acids is 5. The number of amides is 4. The maximum absolute atomic E-state index is 14.3. The Labute approximate surface area is 555 Å². The number of hydrogen-bond donors (Lipinski definition) is 4. The van der Waals surface area contributed by atoms with Crippen LogP contribution in [-0.2, 0) is 31.4 Å². The van der Waals surface area contributed by atoms with Crippen LogP contribution in [0.3, 0.4) is 0 Å². The average molecular weight is 1330 g/mol. The van der Waals surface area contributed by atoms with Gasteiger partial charge in [0.25, 0.3) is 17.5 Å². The van der Waals surface area contributed by atoms with Crippen molar-refractivity contribution < 1.29 is 69.4 Å². The number of halogens is 6. The molecule has 11 atom stereocenters. The smallest absolute Gasteiger partial charge is 0.416 e. The van der Waals surface area contributed by atoms with E-state index in [1.165, 1.54) is 126 Å². The fourth-order valence-electron chi connectivity index (χ4n) is 16.3. The van der Waals surface area contributed by atoms with Crippen LogP contribution in [0.1, 0.15) is 233 Å². The first-order valence-electron chi connectivity index (χ1n) is 34.8. The number of esters is 1. The van der Waals surface area contributed by atoms with Gasteiger partial charge in [0.1, 0.15) is 12.2 Å². The maximum atomic E-state index is 14.3. The summed E-state index contributed by atoms with van der Waals surface area (Å²) in [6.45, 7) is 8.95. The lowest BCUT2D eigenvalue weighted by Gasteiger charge is -2.64. The predicted molar refractivity (Wildman–Crippen MR) is 354 cm³/mol. The van der Waals surface area contributed by atoms with Gasteiger partial charge < -0.3 is 24.8 Å². The summed E-state index contributed by atoms with van der Waals surface area (Å²) in [7, 11) is 0. The minimum absolute atomic E-state index is 0.0817. The Kier molecular flexibility index (Phi) is 26.5. The summed E-state index contributed by atoms with van der Waals surface area (Å²) in [4.78, 5) is 80.0. The topological polar surface area (TPSA) is 204 Å². The van der Waals surface area contributed by atoms with Crippen molar-refractivity contribution in [3.05, 3.63) is 129 Å². The van der Waals surface area contributed by atoms with Gasteiger partial charge >= 0.3 is 30.5 Å². The zero-order valence-corrected chi connectivity index (χ0v) is 55.5. The molecule has 0 aliphatic heterocycles. The molecule has 4 aliphatic carbocycles. The molecule has 95 heavy (non-hydrogen) atoms. The number of nitro groups is 1. The van der Waals surface area contributed by atoms with Crippen LogP contribution in [0.15, 0.2) is 97.1 Å². The molecule has 0 saturated heterocycles. The summed E-state index contributed by atoms with van der Waals surface area (Å²) in [5.41, 5.74) is -2.38. The Morgan fingerprint density at radius 3 is 1.62 bits per heavy atom. The third-order valence-electron chi connectivity index (χ3n) is 21.5. The summed E-state index contributed by atoms with van der Waals surface area (Å²) in [5.74, 6) is -2.59. The van der Waals surface area contributed by atoms with Crippen molar-refractivity contribution in [2.75, 3.05) is 22.6 Å². The van der Waals surface area contributed by atoms with E-state index in [1.54, 1.807) is 12.1 Å². The van der Waals surface area contributed by atoms with Crippen LogP contribution < -0.4 is 21.3 Å². The van der Waals surface area contributed by atoms with Gasteiger partial charge in [-0.15, -0.1) is 0 Å². The molecule has 0 bridgehead atoms. The summed E-state index contributed by atoms with van der Waals surface area (Å²) in [6, 6.07) is 19.2. The molecule has 0 aromatic heterocycles. The van der Waals surface area contributed by atoms with Crippen molar-refractivity contribution in [1.82, 2.24) is 5.32 Å². The van der Waals surface area contributed by atoms with Crippen molar-refractivity contribution in [2.24, 2.45) is 46.3 Å². The highest BCUT2D eigenvalue weighted by Gasteiger charge is 2.68. The van der Waals surface area contributed by atoms with E-state index in [-0.39, 0.29) is 82.1 Å². The molecule has 4 aromatic rings. The van der Waals surface area contributed by atoms with Gasteiger partial charge in [-0.3, -0.25) is 35.1 Å². The number of alkyl halides is 6. The molecule has 0 radical (unpaired) electrons. The molecule has 0 unspecified atom stereocenters. The number of hydrogen-bond acceptors (Lipinski definition) is 10. The van der Waals surface area contributed by atoms with E-state index in [9.17, 15) is 60.4 Å². The molecule has 4 saturated carbocycles.